The minimum Gasteiger partial charge on any atom is -0.483 e. The lowest BCUT2D eigenvalue weighted by Gasteiger charge is -2.27. The first-order chi connectivity index (χ1) is 17.3. The third-order valence-electron chi connectivity index (χ3n) is 5.90. The van der Waals surface area contributed by atoms with Gasteiger partial charge in [0.05, 0.1) is 4.91 Å². The molecule has 0 aliphatic carbocycles. The van der Waals surface area contributed by atoms with E-state index in [1.807, 2.05) is 6.92 Å². The lowest BCUT2D eigenvalue weighted by Crippen LogP contribution is -2.44. The maximum Gasteiger partial charge on any atom is 0.294 e. The summed E-state index contributed by atoms with van der Waals surface area (Å²) in [6, 6.07) is 12.1. The van der Waals surface area contributed by atoms with Gasteiger partial charge in [-0.15, -0.1) is 0 Å². The van der Waals surface area contributed by atoms with Crippen LogP contribution in [0.25, 0.3) is 6.08 Å². The number of rotatable bonds is 7. The summed E-state index contributed by atoms with van der Waals surface area (Å²) in [5, 5.41) is 2.79. The van der Waals surface area contributed by atoms with Gasteiger partial charge in [0.15, 0.2) is 6.61 Å². The molecule has 4 rings (SSSR count). The number of thioether (sulfide) groups is 1. The van der Waals surface area contributed by atoms with E-state index in [1.165, 1.54) is 0 Å². The molecule has 0 saturated carbocycles. The van der Waals surface area contributed by atoms with Crippen molar-refractivity contribution in [1.82, 2.24) is 9.80 Å². The summed E-state index contributed by atoms with van der Waals surface area (Å²) in [7, 11) is 0. The molecule has 0 unspecified atom stereocenters. The van der Waals surface area contributed by atoms with Crippen LogP contribution in [0, 0.1) is 6.92 Å². The predicted octanol–water partition coefficient (Wildman–Crippen LogP) is 4.71. The second-order valence-corrected chi connectivity index (χ2v) is 9.95. The second-order valence-electron chi connectivity index (χ2n) is 8.55. The van der Waals surface area contributed by atoms with Gasteiger partial charge in [0, 0.05) is 29.4 Å². The number of para-hydroxylation sites is 1. The molecule has 0 radical (unpaired) electrons. The minimum atomic E-state index is -0.515. The Bertz CT molecular complexity index is 1230. The third-order valence-corrected chi connectivity index (χ3v) is 7.21. The number of benzene rings is 2. The Hall–Kier alpha value is -3.30. The maximum atomic E-state index is 12.9. The highest BCUT2D eigenvalue weighted by atomic mass is 35.5. The van der Waals surface area contributed by atoms with Gasteiger partial charge in [0.25, 0.3) is 17.1 Å². The smallest absolute Gasteiger partial charge is 0.294 e. The number of nitrogens with zero attached hydrogens (tertiary/aromatic N) is 2. The Labute approximate surface area is 218 Å². The summed E-state index contributed by atoms with van der Waals surface area (Å²) in [5.74, 6) is -0.728. The SMILES string of the molecule is Cc1ccc(NC(=O)COc2ccccc2/C=C2\SC(=O)N(CC(=O)N3CCCCC3)C2=O)cc1Cl. The normalized spacial score (nSPS) is 17.0. The van der Waals surface area contributed by atoms with Crippen LogP contribution in [0.15, 0.2) is 47.4 Å². The monoisotopic (exact) mass is 527 g/mol. The molecule has 36 heavy (non-hydrogen) atoms. The van der Waals surface area contributed by atoms with E-state index in [2.05, 4.69) is 5.32 Å². The molecule has 0 bridgehead atoms. The number of anilines is 1. The average Bonchev–Trinajstić information content (AvgIpc) is 3.13. The number of aryl methyl sites for hydroxylation is 1. The number of piperidine rings is 1. The van der Waals surface area contributed by atoms with Crippen molar-refractivity contribution >= 4 is 58.1 Å². The van der Waals surface area contributed by atoms with E-state index in [4.69, 9.17) is 16.3 Å². The second kappa shape index (κ2) is 11.6. The molecule has 0 atom stereocenters. The van der Waals surface area contributed by atoms with Crippen molar-refractivity contribution in [1.29, 1.82) is 0 Å². The van der Waals surface area contributed by atoms with Crippen LogP contribution >= 0.6 is 23.4 Å². The van der Waals surface area contributed by atoms with Crippen LogP contribution in [-0.2, 0) is 14.4 Å². The van der Waals surface area contributed by atoms with Crippen molar-refractivity contribution < 1.29 is 23.9 Å². The molecule has 0 aromatic heterocycles. The summed E-state index contributed by atoms with van der Waals surface area (Å²) in [4.78, 5) is 53.2. The van der Waals surface area contributed by atoms with Crippen molar-refractivity contribution in [3.8, 4) is 5.75 Å². The summed E-state index contributed by atoms with van der Waals surface area (Å²) >= 11 is 6.89. The van der Waals surface area contributed by atoms with E-state index >= 15 is 0 Å². The van der Waals surface area contributed by atoms with E-state index in [1.54, 1.807) is 53.4 Å². The van der Waals surface area contributed by atoms with Crippen molar-refractivity contribution in [2.75, 3.05) is 31.6 Å². The van der Waals surface area contributed by atoms with Crippen LogP contribution in [0.5, 0.6) is 5.75 Å². The molecule has 2 aromatic rings. The number of imide groups is 1. The number of carbonyl (C=O) groups is 4. The van der Waals surface area contributed by atoms with Gasteiger partial charge in [-0.2, -0.15) is 0 Å². The summed E-state index contributed by atoms with van der Waals surface area (Å²) in [6.45, 7) is 2.65. The molecule has 2 aliphatic heterocycles. The van der Waals surface area contributed by atoms with Crippen LogP contribution in [-0.4, -0.2) is 59.0 Å². The van der Waals surface area contributed by atoms with Gasteiger partial charge < -0.3 is 15.0 Å². The topological polar surface area (TPSA) is 96.0 Å². The zero-order chi connectivity index (χ0) is 25.7. The largest absolute Gasteiger partial charge is 0.483 e. The Balaban J connectivity index is 1.40. The van der Waals surface area contributed by atoms with Crippen LogP contribution in [0.3, 0.4) is 0 Å². The standard InChI is InChI=1S/C26H26ClN3O5S/c1-17-9-10-19(14-20(17)27)28-23(31)16-35-21-8-4-3-7-18(21)13-22-25(33)30(26(34)36-22)15-24(32)29-11-5-2-6-12-29/h3-4,7-10,13-14H,2,5-6,11-12,15-16H2,1H3,(H,28,31)/b22-13-. The molecule has 2 aliphatic rings. The van der Waals surface area contributed by atoms with E-state index in [-0.39, 0.29) is 29.9 Å². The Morgan fingerprint density at radius 1 is 1.11 bits per heavy atom. The zero-order valence-corrected chi connectivity index (χ0v) is 21.4. The number of hydrogen-bond acceptors (Lipinski definition) is 6. The Morgan fingerprint density at radius 2 is 1.86 bits per heavy atom. The number of ether oxygens (including phenoxy) is 1. The van der Waals surface area contributed by atoms with Gasteiger partial charge in [0.1, 0.15) is 12.3 Å². The fraction of sp³-hybridized carbons (Fsp3) is 0.308. The van der Waals surface area contributed by atoms with Crippen LogP contribution in [0.2, 0.25) is 5.02 Å². The van der Waals surface area contributed by atoms with Crippen molar-refractivity contribution in [2.24, 2.45) is 0 Å². The maximum absolute atomic E-state index is 12.9. The lowest BCUT2D eigenvalue weighted by atomic mass is 10.1. The molecule has 2 saturated heterocycles. The fourth-order valence-electron chi connectivity index (χ4n) is 3.90. The number of halogens is 1. The van der Waals surface area contributed by atoms with E-state index in [9.17, 15) is 19.2 Å². The highest BCUT2D eigenvalue weighted by Gasteiger charge is 2.37. The van der Waals surface area contributed by atoms with E-state index in [0.29, 0.717) is 35.1 Å². The summed E-state index contributed by atoms with van der Waals surface area (Å²) in [5.41, 5.74) is 2.00. The number of nitrogens with one attached hydrogen (secondary N) is 1. The first kappa shape index (κ1) is 25.8. The molecule has 0 spiro atoms. The van der Waals surface area contributed by atoms with Gasteiger partial charge >= 0.3 is 0 Å². The highest BCUT2D eigenvalue weighted by Crippen LogP contribution is 2.34. The van der Waals surface area contributed by atoms with Crippen LogP contribution < -0.4 is 10.1 Å². The number of hydrogen-bond donors (Lipinski definition) is 1. The molecule has 1 N–H and O–H groups in total. The molecule has 2 heterocycles. The first-order valence-corrected chi connectivity index (χ1v) is 12.8. The molecule has 10 heteroatoms. The quantitative estimate of drug-likeness (QED) is 0.524. The van der Waals surface area contributed by atoms with Crippen LogP contribution in [0.1, 0.15) is 30.4 Å². The van der Waals surface area contributed by atoms with Gasteiger partial charge in [-0.25, -0.2) is 0 Å². The molecule has 4 amide bonds. The molecule has 2 aromatic carbocycles. The number of carbonyl (C=O) groups excluding carboxylic acids is 4. The van der Waals surface area contributed by atoms with Crippen molar-refractivity contribution in [3.63, 3.8) is 0 Å². The fourth-order valence-corrected chi connectivity index (χ4v) is 4.91. The van der Waals surface area contributed by atoms with E-state index in [0.717, 1.165) is 41.5 Å². The number of likely N-dealkylation sites (tertiary alicyclic amines) is 1. The van der Waals surface area contributed by atoms with Crippen molar-refractivity contribution in [3.05, 3.63) is 63.5 Å². The lowest BCUT2D eigenvalue weighted by molar-refractivity contribution is -0.136. The highest BCUT2D eigenvalue weighted by molar-refractivity contribution is 8.18. The van der Waals surface area contributed by atoms with Gasteiger partial charge in [-0.1, -0.05) is 35.9 Å². The minimum absolute atomic E-state index is 0.196. The number of amides is 4. The third kappa shape index (κ3) is 6.27. The van der Waals surface area contributed by atoms with Gasteiger partial charge in [0.2, 0.25) is 5.91 Å². The van der Waals surface area contributed by atoms with E-state index < -0.39 is 11.1 Å². The molecular weight excluding hydrogens is 502 g/mol. The predicted molar refractivity (Wildman–Crippen MR) is 140 cm³/mol. The molecule has 2 fully saturated rings. The average molecular weight is 528 g/mol. The molecular formula is C26H26ClN3O5S. The summed E-state index contributed by atoms with van der Waals surface area (Å²) in [6.07, 6.45) is 4.49. The van der Waals surface area contributed by atoms with Gasteiger partial charge in [-0.05, 0) is 67.8 Å². The Kier molecular flexibility index (Phi) is 8.32. The van der Waals surface area contributed by atoms with Crippen LogP contribution in [0.4, 0.5) is 10.5 Å². The molecule has 188 valence electrons. The first-order valence-electron chi connectivity index (χ1n) is 11.6. The van der Waals surface area contributed by atoms with Gasteiger partial charge in [-0.3, -0.25) is 24.1 Å². The van der Waals surface area contributed by atoms with Crippen molar-refractivity contribution in [2.45, 2.75) is 26.2 Å². The molecule has 8 nitrogen and oxygen atoms in total. The zero-order valence-electron chi connectivity index (χ0n) is 19.8. The Morgan fingerprint density at radius 3 is 2.61 bits per heavy atom. The summed E-state index contributed by atoms with van der Waals surface area (Å²) < 4.78 is 5.70.